The Morgan fingerprint density at radius 3 is 2.84 bits per heavy atom. The van der Waals surface area contributed by atoms with Crippen molar-refractivity contribution in [3.63, 3.8) is 0 Å². The minimum atomic E-state index is -0.237. The molecular formula is C14H15BrFN3. The summed E-state index contributed by atoms with van der Waals surface area (Å²) >= 11 is 3.43. The minimum Gasteiger partial charge on any atom is -0.317 e. The number of hydrogen-bond donors (Lipinski definition) is 1. The smallest absolute Gasteiger partial charge is 0.124 e. The van der Waals surface area contributed by atoms with Crippen LogP contribution < -0.4 is 5.32 Å². The monoisotopic (exact) mass is 323 g/mol. The Labute approximate surface area is 120 Å². The van der Waals surface area contributed by atoms with Crippen LogP contribution in [0.3, 0.4) is 0 Å². The summed E-state index contributed by atoms with van der Waals surface area (Å²) in [6.45, 7) is 2.08. The molecule has 0 saturated carbocycles. The Morgan fingerprint density at radius 1 is 1.32 bits per heavy atom. The van der Waals surface area contributed by atoms with Gasteiger partial charge in [-0.25, -0.2) is 9.37 Å². The Hall–Kier alpha value is -1.20. The minimum absolute atomic E-state index is 0.237. The lowest BCUT2D eigenvalue weighted by Gasteiger charge is -2.24. The first-order chi connectivity index (χ1) is 9.25. The number of nitrogens with one attached hydrogen (secondary N) is 1. The topological polar surface area (TPSA) is 29.9 Å². The average molecular weight is 324 g/mol. The second-order valence-electron chi connectivity index (χ2n) is 4.81. The quantitative estimate of drug-likeness (QED) is 0.919. The van der Waals surface area contributed by atoms with E-state index in [1.807, 2.05) is 6.20 Å². The normalized spacial score (nSPS) is 16.7. The second kappa shape index (κ2) is 5.43. The zero-order valence-electron chi connectivity index (χ0n) is 10.4. The van der Waals surface area contributed by atoms with E-state index in [-0.39, 0.29) is 5.82 Å². The Kier molecular flexibility index (Phi) is 3.66. The molecule has 1 saturated heterocycles. The number of halogens is 2. The van der Waals surface area contributed by atoms with Gasteiger partial charge in [-0.3, -0.25) is 0 Å². The van der Waals surface area contributed by atoms with Crippen molar-refractivity contribution < 1.29 is 4.39 Å². The average Bonchev–Trinajstić information content (AvgIpc) is 2.89. The van der Waals surface area contributed by atoms with E-state index in [2.05, 4.69) is 30.8 Å². The van der Waals surface area contributed by atoms with Gasteiger partial charge in [0.2, 0.25) is 0 Å². The Bertz CT molecular complexity index is 576. The number of aromatic nitrogens is 2. The molecule has 1 fully saturated rings. The summed E-state index contributed by atoms with van der Waals surface area (Å²) in [4.78, 5) is 4.27. The number of nitrogens with zero attached hydrogens (tertiary/aromatic N) is 2. The molecule has 19 heavy (non-hydrogen) atoms. The van der Waals surface area contributed by atoms with Crippen LogP contribution in [0.15, 0.2) is 35.2 Å². The van der Waals surface area contributed by atoms with E-state index in [1.54, 1.807) is 12.4 Å². The maximum atomic E-state index is 13.2. The third-order valence-corrected chi connectivity index (χ3v) is 4.23. The maximum Gasteiger partial charge on any atom is 0.124 e. The lowest BCUT2D eigenvalue weighted by atomic mass is 9.95. The summed E-state index contributed by atoms with van der Waals surface area (Å²) in [7, 11) is 0. The summed E-state index contributed by atoms with van der Waals surface area (Å²) in [6, 6.07) is 4.75. The van der Waals surface area contributed by atoms with Gasteiger partial charge in [-0.15, -0.1) is 0 Å². The molecule has 0 atom stereocenters. The molecule has 0 amide bonds. The van der Waals surface area contributed by atoms with Crippen LogP contribution in [0.5, 0.6) is 0 Å². The summed E-state index contributed by atoms with van der Waals surface area (Å²) in [5.41, 5.74) is 2.14. The molecular weight excluding hydrogens is 309 g/mol. The Morgan fingerprint density at radius 2 is 2.11 bits per heavy atom. The molecule has 100 valence electrons. The van der Waals surface area contributed by atoms with Crippen LogP contribution in [-0.2, 0) is 0 Å². The molecule has 1 aliphatic rings. The molecule has 1 aromatic carbocycles. The molecule has 3 nitrogen and oxygen atoms in total. The van der Waals surface area contributed by atoms with Crippen LogP contribution in [0.1, 0.15) is 24.5 Å². The number of rotatable bonds is 2. The second-order valence-corrected chi connectivity index (χ2v) is 5.66. The van der Waals surface area contributed by atoms with Crippen LogP contribution in [0, 0.1) is 5.82 Å². The standard InChI is InChI=1S/C14H15BrFN3/c15-12-7-11(16)1-2-13(12)19-9-18-8-14(19)10-3-5-17-6-4-10/h1-2,7-10,17H,3-6H2. The molecule has 2 heterocycles. The molecule has 5 heteroatoms. The Balaban J connectivity index is 1.99. The lowest BCUT2D eigenvalue weighted by molar-refractivity contribution is 0.449. The van der Waals surface area contributed by atoms with Crippen molar-refractivity contribution in [3.05, 3.63) is 46.7 Å². The van der Waals surface area contributed by atoms with Crippen LogP contribution in [-0.4, -0.2) is 22.6 Å². The number of hydrogen-bond acceptors (Lipinski definition) is 2. The van der Waals surface area contributed by atoms with E-state index < -0.39 is 0 Å². The van der Waals surface area contributed by atoms with E-state index in [0.29, 0.717) is 5.92 Å². The molecule has 1 N–H and O–H groups in total. The fourth-order valence-corrected chi connectivity index (χ4v) is 3.14. The molecule has 3 rings (SSSR count). The van der Waals surface area contributed by atoms with Gasteiger partial charge in [-0.05, 0) is 60.1 Å². The first-order valence-electron chi connectivity index (χ1n) is 6.44. The van der Waals surface area contributed by atoms with Crippen LogP contribution >= 0.6 is 15.9 Å². The van der Waals surface area contributed by atoms with Gasteiger partial charge in [0.25, 0.3) is 0 Å². The van der Waals surface area contributed by atoms with Gasteiger partial charge >= 0.3 is 0 Å². The van der Waals surface area contributed by atoms with Crippen molar-refractivity contribution >= 4 is 15.9 Å². The molecule has 0 radical (unpaired) electrons. The van der Waals surface area contributed by atoms with Gasteiger partial charge in [-0.1, -0.05) is 0 Å². The third kappa shape index (κ3) is 2.58. The van der Waals surface area contributed by atoms with Crippen molar-refractivity contribution in [1.29, 1.82) is 0 Å². The highest BCUT2D eigenvalue weighted by Gasteiger charge is 2.20. The summed E-state index contributed by atoms with van der Waals surface area (Å²) in [5.74, 6) is 0.278. The molecule has 1 aliphatic heterocycles. The molecule has 0 bridgehead atoms. The predicted molar refractivity (Wildman–Crippen MR) is 76.1 cm³/mol. The van der Waals surface area contributed by atoms with Crippen molar-refractivity contribution in [1.82, 2.24) is 14.9 Å². The molecule has 1 aromatic heterocycles. The first-order valence-corrected chi connectivity index (χ1v) is 7.23. The van der Waals surface area contributed by atoms with Gasteiger partial charge in [-0.2, -0.15) is 0 Å². The highest BCUT2D eigenvalue weighted by molar-refractivity contribution is 9.10. The molecule has 2 aromatic rings. The number of imidazole rings is 1. The van der Waals surface area contributed by atoms with Crippen LogP contribution in [0.25, 0.3) is 5.69 Å². The first kappa shape index (κ1) is 12.8. The van der Waals surface area contributed by atoms with Crippen molar-refractivity contribution in [2.45, 2.75) is 18.8 Å². The van der Waals surface area contributed by atoms with Crippen molar-refractivity contribution in [2.24, 2.45) is 0 Å². The molecule has 0 spiro atoms. The molecule has 0 aliphatic carbocycles. The molecule has 0 unspecified atom stereocenters. The van der Waals surface area contributed by atoms with E-state index >= 15 is 0 Å². The van der Waals surface area contributed by atoms with Crippen molar-refractivity contribution in [2.75, 3.05) is 13.1 Å². The van der Waals surface area contributed by atoms with E-state index in [0.717, 1.165) is 36.1 Å². The predicted octanol–water partition coefficient (Wildman–Crippen LogP) is 3.24. The SMILES string of the molecule is Fc1ccc(-n2cncc2C2CCNCC2)c(Br)c1. The van der Waals surface area contributed by atoms with Gasteiger partial charge in [0.05, 0.1) is 12.0 Å². The highest BCUT2D eigenvalue weighted by Crippen LogP contribution is 2.30. The fourth-order valence-electron chi connectivity index (χ4n) is 2.60. The summed E-state index contributed by atoms with van der Waals surface area (Å²) in [6.07, 6.45) is 5.95. The van der Waals surface area contributed by atoms with Gasteiger partial charge in [0, 0.05) is 22.3 Å². The highest BCUT2D eigenvalue weighted by atomic mass is 79.9. The van der Waals surface area contributed by atoms with Crippen molar-refractivity contribution in [3.8, 4) is 5.69 Å². The van der Waals surface area contributed by atoms with E-state index in [9.17, 15) is 4.39 Å². The lowest BCUT2D eigenvalue weighted by Crippen LogP contribution is -2.27. The largest absolute Gasteiger partial charge is 0.317 e. The summed E-state index contributed by atoms with van der Waals surface area (Å²) < 4.78 is 16.0. The zero-order chi connectivity index (χ0) is 13.2. The van der Waals surface area contributed by atoms with E-state index in [4.69, 9.17) is 0 Å². The van der Waals surface area contributed by atoms with E-state index in [1.165, 1.54) is 17.8 Å². The number of piperidine rings is 1. The maximum absolute atomic E-state index is 13.2. The third-order valence-electron chi connectivity index (χ3n) is 3.59. The summed E-state index contributed by atoms with van der Waals surface area (Å²) in [5, 5.41) is 3.37. The van der Waals surface area contributed by atoms with Gasteiger partial charge in [0.15, 0.2) is 0 Å². The van der Waals surface area contributed by atoms with Crippen LogP contribution in [0.4, 0.5) is 4.39 Å². The van der Waals surface area contributed by atoms with Gasteiger partial charge in [0.1, 0.15) is 5.82 Å². The fraction of sp³-hybridized carbons (Fsp3) is 0.357. The van der Waals surface area contributed by atoms with Gasteiger partial charge < -0.3 is 9.88 Å². The zero-order valence-corrected chi connectivity index (χ0v) is 12.0. The van der Waals surface area contributed by atoms with Crippen LogP contribution in [0.2, 0.25) is 0 Å². The number of benzene rings is 1.